The molecule has 0 saturated heterocycles. The summed E-state index contributed by atoms with van der Waals surface area (Å²) in [5.74, 6) is -17.8. The number of aliphatic hydroxyl groups excluding tert-OH is 10. The molecular formula is C34H38O30-2. The van der Waals surface area contributed by atoms with Gasteiger partial charge in [0, 0.05) is 27.7 Å². The van der Waals surface area contributed by atoms with Gasteiger partial charge in [-0.1, -0.05) is 0 Å². The average Bonchev–Trinajstić information content (AvgIpc) is 3.89. The first kappa shape index (κ1) is 55.0. The van der Waals surface area contributed by atoms with E-state index >= 15 is 0 Å². The van der Waals surface area contributed by atoms with Crippen LogP contribution in [0, 0.1) is 0 Å². The van der Waals surface area contributed by atoms with Crippen LogP contribution in [0.3, 0.4) is 0 Å². The smallest absolute Gasteiger partial charge is 0.380 e. The molecule has 0 bridgehead atoms. The third-order valence-corrected chi connectivity index (χ3v) is 7.25. The zero-order valence-electron chi connectivity index (χ0n) is 33.1. The molecule has 0 fully saturated rings. The predicted molar refractivity (Wildman–Crippen MR) is 182 cm³/mol. The number of hydrogen-bond acceptors (Lipinski definition) is 30. The number of Topliss-reactive ketones (excluding diaryl/α,β-unsaturated/α-hetero) is 2. The number of carbonyl (C=O) groups excluding carboxylic acids is 10. The Morgan fingerprint density at radius 3 is 1.00 bits per heavy atom. The summed E-state index contributed by atoms with van der Waals surface area (Å²) >= 11 is 0. The minimum atomic E-state index is -1.62. The van der Waals surface area contributed by atoms with E-state index in [1.165, 1.54) is 0 Å². The van der Waals surface area contributed by atoms with Gasteiger partial charge in [0.2, 0.25) is 23.1 Å². The van der Waals surface area contributed by atoms with E-state index in [1.807, 2.05) is 0 Å². The molecule has 356 valence electrons. The maximum Gasteiger partial charge on any atom is 0.380 e. The van der Waals surface area contributed by atoms with Gasteiger partial charge in [0.05, 0.1) is 26.4 Å². The SMILES string of the molecule is CC(=O)C(=O)OC1=C(O)C(C(O)CO)OC1=O.CC(=O)C(=O)OC1=C([O-])C(C(O)CO)OC1=O.CC(=O)OC1=C(O)C(C(O)CO)OC1=O.CC(=O)OC1=C([O-])C(C(O)CO)OC1=O. The lowest BCUT2D eigenvalue weighted by Gasteiger charge is -2.20. The highest BCUT2D eigenvalue weighted by Gasteiger charge is 2.43. The number of cyclic esters (lactones) is 4. The van der Waals surface area contributed by atoms with Crippen molar-refractivity contribution in [3.63, 3.8) is 0 Å². The number of rotatable bonds is 14. The first-order valence-corrected chi connectivity index (χ1v) is 17.2. The van der Waals surface area contributed by atoms with Crippen molar-refractivity contribution < 1.29 is 147 Å². The second kappa shape index (κ2) is 24.5. The van der Waals surface area contributed by atoms with Crippen LogP contribution in [0.15, 0.2) is 46.1 Å². The summed E-state index contributed by atoms with van der Waals surface area (Å²) in [4.78, 5) is 108. The molecule has 8 atom stereocenters. The predicted octanol–water partition coefficient (Wildman–Crippen LogP) is -8.87. The third-order valence-electron chi connectivity index (χ3n) is 7.25. The van der Waals surface area contributed by atoms with Gasteiger partial charge in [-0.05, 0) is 11.5 Å². The largest absolute Gasteiger partial charge is 0.870 e. The Kier molecular flexibility index (Phi) is 21.1. The van der Waals surface area contributed by atoms with Crippen LogP contribution in [-0.2, 0) is 85.8 Å². The highest BCUT2D eigenvalue weighted by Crippen LogP contribution is 2.26. The van der Waals surface area contributed by atoms with Crippen LogP contribution in [0.2, 0.25) is 0 Å². The number of esters is 8. The van der Waals surface area contributed by atoms with Crippen molar-refractivity contribution in [2.45, 2.75) is 76.5 Å². The number of ether oxygens (including phenoxy) is 8. The monoisotopic (exact) mass is 926 g/mol. The summed E-state index contributed by atoms with van der Waals surface area (Å²) in [7, 11) is 0. The van der Waals surface area contributed by atoms with E-state index in [1.54, 1.807) is 0 Å². The summed E-state index contributed by atoms with van der Waals surface area (Å²) in [6, 6.07) is 0. The van der Waals surface area contributed by atoms with Crippen molar-refractivity contribution in [3.05, 3.63) is 46.1 Å². The molecule has 0 aliphatic carbocycles. The van der Waals surface area contributed by atoms with Crippen molar-refractivity contribution in [2.75, 3.05) is 26.4 Å². The summed E-state index contributed by atoms with van der Waals surface area (Å²) in [5, 5.41) is 112. The highest BCUT2D eigenvalue weighted by atomic mass is 16.6. The lowest BCUT2D eigenvalue weighted by atomic mass is 10.2. The van der Waals surface area contributed by atoms with Crippen LogP contribution >= 0.6 is 0 Å². The fourth-order valence-electron chi connectivity index (χ4n) is 4.22. The Bertz CT molecular complexity index is 1850. The van der Waals surface area contributed by atoms with E-state index in [-0.39, 0.29) is 0 Å². The van der Waals surface area contributed by atoms with Gasteiger partial charge in [0.1, 0.15) is 36.6 Å². The Morgan fingerprint density at radius 1 is 0.469 bits per heavy atom. The summed E-state index contributed by atoms with van der Waals surface area (Å²) in [6.45, 7) is 0.862. The van der Waals surface area contributed by atoms with Crippen molar-refractivity contribution in [3.8, 4) is 0 Å². The lowest BCUT2D eigenvalue weighted by Crippen LogP contribution is -2.35. The molecule has 0 spiro atoms. The maximum atomic E-state index is 11.4. The first-order chi connectivity index (χ1) is 29.7. The van der Waals surface area contributed by atoms with E-state index in [4.69, 9.17) is 35.7 Å². The first-order valence-electron chi connectivity index (χ1n) is 17.2. The fourth-order valence-corrected chi connectivity index (χ4v) is 4.22. The molecule has 0 aromatic heterocycles. The van der Waals surface area contributed by atoms with E-state index in [0.29, 0.717) is 0 Å². The van der Waals surface area contributed by atoms with Gasteiger partial charge >= 0.3 is 47.8 Å². The molecule has 0 aromatic carbocycles. The molecule has 8 unspecified atom stereocenters. The summed E-state index contributed by atoms with van der Waals surface area (Å²) in [6.07, 6.45) is -12.2. The third kappa shape index (κ3) is 14.5. The molecule has 10 N–H and O–H groups in total. The van der Waals surface area contributed by atoms with E-state index in [2.05, 4.69) is 37.9 Å². The normalized spacial score (nSPS) is 21.8. The van der Waals surface area contributed by atoms with Crippen LogP contribution in [0.1, 0.15) is 27.7 Å². The van der Waals surface area contributed by atoms with E-state index < -0.39 is 181 Å². The Balaban J connectivity index is 0.000000427. The second-order valence-electron chi connectivity index (χ2n) is 12.2. The molecule has 0 aromatic rings. The number of aliphatic hydroxyl groups is 10. The Labute approximate surface area is 355 Å². The molecule has 30 nitrogen and oxygen atoms in total. The number of hydrogen-bond donors (Lipinski definition) is 10. The van der Waals surface area contributed by atoms with Crippen molar-refractivity contribution in [1.82, 2.24) is 0 Å². The molecular weight excluding hydrogens is 888 g/mol. The quantitative estimate of drug-likeness (QED) is 0.0439. The van der Waals surface area contributed by atoms with Crippen LogP contribution in [0.25, 0.3) is 0 Å². The molecule has 4 rings (SSSR count). The summed E-state index contributed by atoms with van der Waals surface area (Å²) in [5.41, 5.74) is 0. The fraction of sp³-hybridized carbons (Fsp3) is 0.471. The lowest BCUT2D eigenvalue weighted by molar-refractivity contribution is -0.324. The van der Waals surface area contributed by atoms with Gasteiger partial charge in [0.15, 0.2) is 23.7 Å². The van der Waals surface area contributed by atoms with Crippen LogP contribution < -0.4 is 10.2 Å². The van der Waals surface area contributed by atoms with Crippen LogP contribution in [0.4, 0.5) is 0 Å². The molecule has 4 aliphatic heterocycles. The van der Waals surface area contributed by atoms with Gasteiger partial charge < -0.3 is 99.2 Å². The molecule has 4 heterocycles. The van der Waals surface area contributed by atoms with Crippen LogP contribution in [-0.4, -0.2) is 186 Å². The van der Waals surface area contributed by atoms with Gasteiger partial charge in [-0.3, -0.25) is 19.2 Å². The van der Waals surface area contributed by atoms with E-state index in [0.717, 1.165) is 27.7 Å². The van der Waals surface area contributed by atoms with Crippen molar-refractivity contribution in [2.24, 2.45) is 0 Å². The van der Waals surface area contributed by atoms with Gasteiger partial charge in [-0.25, -0.2) is 28.8 Å². The van der Waals surface area contributed by atoms with Crippen LogP contribution in [0.5, 0.6) is 0 Å². The average molecular weight is 927 g/mol. The maximum absolute atomic E-state index is 11.4. The Hall–Kier alpha value is -7.06. The molecule has 0 saturated carbocycles. The van der Waals surface area contributed by atoms with Gasteiger partial charge in [0.25, 0.3) is 11.5 Å². The second-order valence-corrected chi connectivity index (χ2v) is 12.2. The minimum Gasteiger partial charge on any atom is -0.870 e. The summed E-state index contributed by atoms with van der Waals surface area (Å²) < 4.78 is 35.0. The number of carbonyl (C=O) groups is 10. The molecule has 4 aliphatic rings. The van der Waals surface area contributed by atoms with E-state index in [9.17, 15) is 73.5 Å². The zero-order valence-corrected chi connectivity index (χ0v) is 33.1. The Morgan fingerprint density at radius 2 is 0.703 bits per heavy atom. The van der Waals surface area contributed by atoms with Gasteiger partial charge in [-0.2, -0.15) is 0 Å². The molecule has 30 heteroatoms. The topological polar surface area (TPSA) is 493 Å². The minimum absolute atomic E-state index is 0.653. The molecule has 0 radical (unpaired) electrons. The van der Waals surface area contributed by atoms with Gasteiger partial charge in [-0.15, -0.1) is 0 Å². The molecule has 0 amide bonds. The van der Waals surface area contributed by atoms with Crippen molar-refractivity contribution in [1.29, 1.82) is 0 Å². The number of ketones is 2. The standard InChI is InChI=1S/2C9H10O8.2C8H10O7/c2*1-3(11)8(14)17-7-5(13)6(4(12)2-10)16-9(7)15;2*1-3(10)14-7-5(12)6(4(11)2-9)15-8(7)13/h2*4,6,10,12-13H,2H2,1H3;2*4,6,9,11-12H,2H2,1H3/p-2. The van der Waals surface area contributed by atoms with Crippen molar-refractivity contribution >= 4 is 59.3 Å². The highest BCUT2D eigenvalue weighted by molar-refractivity contribution is 6.33. The molecule has 64 heavy (non-hydrogen) atoms. The zero-order chi connectivity index (χ0) is 49.5.